The monoisotopic (exact) mass is 452 g/mol. The van der Waals surface area contributed by atoms with Crippen LogP contribution in [-0.4, -0.2) is 18.7 Å². The molecule has 0 aliphatic heterocycles. The number of ether oxygens (including phenoxy) is 2. The molecule has 0 bridgehead atoms. The summed E-state index contributed by atoms with van der Waals surface area (Å²) in [6.07, 6.45) is 1.57. The van der Waals surface area contributed by atoms with Gasteiger partial charge in [0.15, 0.2) is 6.61 Å². The maximum Gasteiger partial charge on any atom is 0.277 e. The molecule has 0 saturated carbocycles. The molecular weight excluding hydrogens is 432 g/mol. The first-order chi connectivity index (χ1) is 14.1. The number of carbonyl (C=O) groups is 1. The number of hydrogen-bond donors (Lipinski definition) is 1. The van der Waals surface area contributed by atoms with Crippen molar-refractivity contribution in [1.82, 2.24) is 5.43 Å². The molecule has 1 N–H and O–H groups in total. The van der Waals surface area contributed by atoms with Gasteiger partial charge in [-0.2, -0.15) is 5.10 Å². The Hall–Kier alpha value is -3.12. The molecule has 3 rings (SSSR count). The quantitative estimate of drug-likeness (QED) is 0.391. The molecule has 6 heteroatoms. The highest BCUT2D eigenvalue weighted by Gasteiger charge is 2.02. The van der Waals surface area contributed by atoms with Gasteiger partial charge >= 0.3 is 0 Å². The normalized spacial score (nSPS) is 10.7. The molecule has 0 aromatic heterocycles. The van der Waals surface area contributed by atoms with Crippen LogP contribution >= 0.6 is 15.9 Å². The standard InChI is InChI=1S/C23H21BrN2O3/c1-17-8-10-21(11-9-17)29-16-23(27)26-25-14-18-4-3-7-22(13-18)28-15-19-5-2-6-20(24)12-19/h2-14H,15-16H2,1H3,(H,26,27)/b25-14-. The Morgan fingerprint density at radius 2 is 1.79 bits per heavy atom. The fourth-order valence-electron chi connectivity index (χ4n) is 2.47. The van der Waals surface area contributed by atoms with Gasteiger partial charge in [0.25, 0.3) is 5.91 Å². The summed E-state index contributed by atoms with van der Waals surface area (Å²) < 4.78 is 12.3. The zero-order valence-corrected chi connectivity index (χ0v) is 17.6. The summed E-state index contributed by atoms with van der Waals surface area (Å²) in [6, 6.07) is 23.0. The number of carbonyl (C=O) groups excluding carboxylic acids is 1. The van der Waals surface area contributed by atoms with Crippen molar-refractivity contribution in [2.45, 2.75) is 13.5 Å². The molecule has 0 radical (unpaired) electrons. The summed E-state index contributed by atoms with van der Waals surface area (Å²) in [7, 11) is 0. The van der Waals surface area contributed by atoms with Crippen LogP contribution in [-0.2, 0) is 11.4 Å². The largest absolute Gasteiger partial charge is 0.489 e. The second kappa shape index (κ2) is 10.4. The molecule has 29 heavy (non-hydrogen) atoms. The predicted octanol–water partition coefficient (Wildman–Crippen LogP) is 4.87. The van der Waals surface area contributed by atoms with E-state index in [1.807, 2.05) is 79.7 Å². The second-order valence-electron chi connectivity index (χ2n) is 6.39. The summed E-state index contributed by atoms with van der Waals surface area (Å²) in [4.78, 5) is 11.8. The molecule has 1 amide bonds. The fraction of sp³-hybridized carbons (Fsp3) is 0.130. The molecule has 0 atom stereocenters. The number of rotatable bonds is 8. The van der Waals surface area contributed by atoms with Crippen molar-refractivity contribution in [3.05, 3.63) is 94.0 Å². The number of aryl methyl sites for hydroxylation is 1. The molecule has 0 heterocycles. The van der Waals surface area contributed by atoms with Crippen molar-refractivity contribution in [3.63, 3.8) is 0 Å². The summed E-state index contributed by atoms with van der Waals surface area (Å²) in [5, 5.41) is 3.97. The van der Waals surface area contributed by atoms with Crippen LogP contribution in [0.4, 0.5) is 0 Å². The first-order valence-corrected chi connectivity index (χ1v) is 9.86. The van der Waals surface area contributed by atoms with Crippen molar-refractivity contribution in [2.24, 2.45) is 5.10 Å². The van der Waals surface area contributed by atoms with E-state index in [0.717, 1.165) is 26.9 Å². The van der Waals surface area contributed by atoms with Crippen LogP contribution in [0.15, 0.2) is 82.4 Å². The minimum Gasteiger partial charge on any atom is -0.489 e. The second-order valence-corrected chi connectivity index (χ2v) is 7.30. The van der Waals surface area contributed by atoms with Gasteiger partial charge in [-0.1, -0.05) is 57.9 Å². The molecule has 0 saturated heterocycles. The lowest BCUT2D eigenvalue weighted by Crippen LogP contribution is -2.24. The SMILES string of the molecule is Cc1ccc(OCC(=O)N/N=C\c2cccc(OCc3cccc(Br)c3)c2)cc1. The molecule has 3 aromatic carbocycles. The molecule has 3 aromatic rings. The van der Waals surface area contributed by atoms with E-state index in [9.17, 15) is 4.79 Å². The van der Waals surface area contributed by atoms with E-state index in [2.05, 4.69) is 26.5 Å². The lowest BCUT2D eigenvalue weighted by molar-refractivity contribution is -0.123. The highest BCUT2D eigenvalue weighted by molar-refractivity contribution is 9.10. The van der Waals surface area contributed by atoms with Gasteiger partial charge < -0.3 is 9.47 Å². The van der Waals surface area contributed by atoms with Gasteiger partial charge in [0.1, 0.15) is 18.1 Å². The molecular formula is C23H21BrN2O3. The average molecular weight is 453 g/mol. The number of nitrogens with zero attached hydrogens (tertiary/aromatic N) is 1. The average Bonchev–Trinajstić information content (AvgIpc) is 2.72. The van der Waals surface area contributed by atoms with E-state index in [0.29, 0.717) is 12.4 Å². The smallest absolute Gasteiger partial charge is 0.277 e. The summed E-state index contributed by atoms with van der Waals surface area (Å²) in [5.74, 6) is 1.04. The minimum atomic E-state index is -0.330. The van der Waals surface area contributed by atoms with Gasteiger partial charge in [-0.15, -0.1) is 0 Å². The van der Waals surface area contributed by atoms with Crippen LogP contribution in [0.3, 0.4) is 0 Å². The highest BCUT2D eigenvalue weighted by Crippen LogP contribution is 2.16. The van der Waals surface area contributed by atoms with E-state index < -0.39 is 0 Å². The number of hydrazone groups is 1. The molecule has 0 aliphatic rings. The van der Waals surface area contributed by atoms with Crippen molar-refractivity contribution in [1.29, 1.82) is 0 Å². The Labute approximate surface area is 178 Å². The third-order valence-corrected chi connectivity index (χ3v) is 4.44. The molecule has 0 fully saturated rings. The molecule has 0 aliphatic carbocycles. The highest BCUT2D eigenvalue weighted by atomic mass is 79.9. The van der Waals surface area contributed by atoms with Gasteiger partial charge in [-0.3, -0.25) is 4.79 Å². The zero-order valence-electron chi connectivity index (χ0n) is 16.0. The lowest BCUT2D eigenvalue weighted by Gasteiger charge is -2.07. The fourth-order valence-corrected chi connectivity index (χ4v) is 2.92. The molecule has 0 spiro atoms. The lowest BCUT2D eigenvalue weighted by atomic mass is 10.2. The Balaban J connectivity index is 1.46. The van der Waals surface area contributed by atoms with Crippen LogP contribution in [0.25, 0.3) is 0 Å². The summed E-state index contributed by atoms with van der Waals surface area (Å²) >= 11 is 3.45. The van der Waals surface area contributed by atoms with Crippen LogP contribution in [0.5, 0.6) is 11.5 Å². The number of amides is 1. The van der Waals surface area contributed by atoms with Crippen molar-refractivity contribution in [3.8, 4) is 11.5 Å². The topological polar surface area (TPSA) is 59.9 Å². The van der Waals surface area contributed by atoms with Gasteiger partial charge in [-0.25, -0.2) is 5.43 Å². The third kappa shape index (κ3) is 7.08. The maximum absolute atomic E-state index is 11.8. The van der Waals surface area contributed by atoms with E-state index in [1.165, 1.54) is 0 Å². The maximum atomic E-state index is 11.8. The molecule has 5 nitrogen and oxygen atoms in total. The summed E-state index contributed by atoms with van der Waals surface area (Å²) in [6.45, 7) is 2.36. The number of nitrogens with one attached hydrogen (secondary N) is 1. The van der Waals surface area contributed by atoms with Crippen molar-refractivity contribution in [2.75, 3.05) is 6.61 Å². The third-order valence-electron chi connectivity index (χ3n) is 3.95. The van der Waals surface area contributed by atoms with E-state index in [1.54, 1.807) is 6.21 Å². The van der Waals surface area contributed by atoms with Crippen molar-refractivity contribution < 1.29 is 14.3 Å². The first-order valence-electron chi connectivity index (χ1n) is 9.07. The van der Waals surface area contributed by atoms with Crippen molar-refractivity contribution >= 4 is 28.1 Å². The number of hydrogen-bond acceptors (Lipinski definition) is 4. The summed E-state index contributed by atoms with van der Waals surface area (Å²) in [5.41, 5.74) is 5.47. The Morgan fingerprint density at radius 1 is 1.00 bits per heavy atom. The van der Waals surface area contributed by atoms with Gasteiger partial charge in [0, 0.05) is 4.47 Å². The van der Waals surface area contributed by atoms with Crippen LogP contribution in [0, 0.1) is 6.92 Å². The van der Waals surface area contributed by atoms with E-state index >= 15 is 0 Å². The van der Waals surface area contributed by atoms with Gasteiger partial charge in [0.05, 0.1) is 6.21 Å². The van der Waals surface area contributed by atoms with Crippen LogP contribution in [0.2, 0.25) is 0 Å². The van der Waals surface area contributed by atoms with E-state index in [-0.39, 0.29) is 12.5 Å². The van der Waals surface area contributed by atoms with E-state index in [4.69, 9.17) is 9.47 Å². The Morgan fingerprint density at radius 3 is 2.59 bits per heavy atom. The number of halogens is 1. The zero-order chi connectivity index (χ0) is 20.5. The molecule has 0 unspecified atom stereocenters. The van der Waals surface area contributed by atoms with Gasteiger partial charge in [0.2, 0.25) is 0 Å². The number of benzene rings is 3. The Kier molecular flexibility index (Phi) is 7.41. The minimum absolute atomic E-state index is 0.101. The van der Waals surface area contributed by atoms with Crippen LogP contribution in [0.1, 0.15) is 16.7 Å². The first kappa shape index (κ1) is 20.6. The van der Waals surface area contributed by atoms with Crippen LogP contribution < -0.4 is 14.9 Å². The molecule has 148 valence electrons. The van der Waals surface area contributed by atoms with Gasteiger partial charge in [-0.05, 0) is 54.4 Å². The Bertz CT molecular complexity index is 987. The predicted molar refractivity (Wildman–Crippen MR) is 117 cm³/mol.